The highest BCUT2D eigenvalue weighted by Crippen LogP contribution is 2.18. The maximum atomic E-state index is 12.7. The summed E-state index contributed by atoms with van der Waals surface area (Å²) in [7, 11) is 0. The lowest BCUT2D eigenvalue weighted by Gasteiger charge is -1.95. The zero-order chi connectivity index (χ0) is 14.7. The quantitative estimate of drug-likeness (QED) is 0.591. The monoisotopic (exact) mass is 282 g/mol. The van der Waals surface area contributed by atoms with Crippen molar-refractivity contribution in [1.82, 2.24) is 5.43 Å². The number of amides is 1. The lowest BCUT2D eigenvalue weighted by molar-refractivity contribution is 0.0929. The molecule has 0 saturated heterocycles. The molecule has 0 atom stereocenters. The third kappa shape index (κ3) is 2.97. The number of carbonyl (C=O) groups is 1. The number of benzene rings is 2. The molecule has 21 heavy (non-hydrogen) atoms. The van der Waals surface area contributed by atoms with Crippen LogP contribution in [0.15, 0.2) is 64.1 Å². The van der Waals surface area contributed by atoms with Crippen molar-refractivity contribution in [3.63, 3.8) is 0 Å². The van der Waals surface area contributed by atoms with Crippen molar-refractivity contribution < 1.29 is 13.6 Å². The topological polar surface area (TPSA) is 54.6 Å². The Bertz CT molecular complexity index is 774. The number of hydrogen-bond donors (Lipinski definition) is 1. The standard InChI is InChI=1S/C16H11FN2O2/c17-13-7-5-11(6-8-13)10-18-19-16(20)15-9-12-3-1-2-4-14(12)21-15/h1-10H,(H,19,20). The number of fused-ring (bicyclic) bond motifs is 1. The molecule has 2 aromatic carbocycles. The Labute approximate surface area is 119 Å². The molecular weight excluding hydrogens is 271 g/mol. The van der Waals surface area contributed by atoms with Gasteiger partial charge in [0.05, 0.1) is 6.21 Å². The maximum Gasteiger partial charge on any atom is 0.307 e. The lowest BCUT2D eigenvalue weighted by atomic mass is 10.2. The van der Waals surface area contributed by atoms with Crippen LogP contribution in [0.2, 0.25) is 0 Å². The van der Waals surface area contributed by atoms with Gasteiger partial charge in [0.25, 0.3) is 0 Å². The molecule has 1 aromatic heterocycles. The highest BCUT2D eigenvalue weighted by atomic mass is 19.1. The highest BCUT2D eigenvalue weighted by Gasteiger charge is 2.10. The Morgan fingerprint density at radius 1 is 1.14 bits per heavy atom. The summed E-state index contributed by atoms with van der Waals surface area (Å²) in [5.41, 5.74) is 3.69. The van der Waals surface area contributed by atoms with Gasteiger partial charge in [-0.25, -0.2) is 9.82 Å². The summed E-state index contributed by atoms with van der Waals surface area (Å²) in [5.74, 6) is -0.574. The molecule has 5 heteroatoms. The zero-order valence-corrected chi connectivity index (χ0v) is 10.9. The van der Waals surface area contributed by atoms with Gasteiger partial charge in [-0.05, 0) is 29.8 Å². The second-order valence-electron chi connectivity index (χ2n) is 4.40. The van der Waals surface area contributed by atoms with E-state index in [9.17, 15) is 9.18 Å². The number of para-hydroxylation sites is 1. The Hall–Kier alpha value is -2.95. The fourth-order valence-electron chi connectivity index (χ4n) is 1.86. The summed E-state index contributed by atoms with van der Waals surface area (Å²) in [6.07, 6.45) is 1.43. The zero-order valence-electron chi connectivity index (χ0n) is 10.9. The first-order valence-electron chi connectivity index (χ1n) is 6.30. The Balaban J connectivity index is 1.70. The van der Waals surface area contributed by atoms with Crippen LogP contribution in [0.25, 0.3) is 11.0 Å². The molecule has 0 bridgehead atoms. The molecule has 3 rings (SSSR count). The van der Waals surface area contributed by atoms with E-state index in [-0.39, 0.29) is 11.6 Å². The largest absolute Gasteiger partial charge is 0.451 e. The predicted molar refractivity (Wildman–Crippen MR) is 77.7 cm³/mol. The molecule has 3 aromatic rings. The highest BCUT2D eigenvalue weighted by molar-refractivity contribution is 5.96. The van der Waals surface area contributed by atoms with Crippen LogP contribution in [0.3, 0.4) is 0 Å². The summed E-state index contributed by atoms with van der Waals surface area (Å²) in [5, 5.41) is 4.66. The normalized spacial score (nSPS) is 11.1. The van der Waals surface area contributed by atoms with Crippen molar-refractivity contribution >= 4 is 23.1 Å². The minimum Gasteiger partial charge on any atom is -0.451 e. The number of nitrogens with one attached hydrogen (secondary N) is 1. The van der Waals surface area contributed by atoms with E-state index in [1.165, 1.54) is 18.3 Å². The number of rotatable bonds is 3. The number of nitrogens with zero attached hydrogens (tertiary/aromatic N) is 1. The third-order valence-electron chi connectivity index (χ3n) is 2.90. The van der Waals surface area contributed by atoms with Crippen molar-refractivity contribution in [3.8, 4) is 0 Å². The van der Waals surface area contributed by atoms with E-state index in [0.29, 0.717) is 11.1 Å². The van der Waals surface area contributed by atoms with Gasteiger partial charge in [-0.1, -0.05) is 30.3 Å². The van der Waals surface area contributed by atoms with Gasteiger partial charge in [-0.15, -0.1) is 0 Å². The molecule has 0 fully saturated rings. The number of halogens is 1. The van der Waals surface area contributed by atoms with Gasteiger partial charge in [-0.3, -0.25) is 4.79 Å². The van der Waals surface area contributed by atoms with Crippen molar-refractivity contribution in [1.29, 1.82) is 0 Å². The number of carbonyl (C=O) groups excluding carboxylic acids is 1. The summed E-state index contributed by atoms with van der Waals surface area (Å²) in [6, 6.07) is 14.8. The van der Waals surface area contributed by atoms with Crippen LogP contribution in [0, 0.1) is 5.82 Å². The summed E-state index contributed by atoms with van der Waals surface area (Å²) >= 11 is 0. The molecule has 1 amide bonds. The van der Waals surface area contributed by atoms with E-state index < -0.39 is 5.91 Å². The molecule has 0 unspecified atom stereocenters. The summed E-state index contributed by atoms with van der Waals surface area (Å²) < 4.78 is 18.1. The van der Waals surface area contributed by atoms with Gasteiger partial charge < -0.3 is 4.42 Å². The molecule has 0 aliphatic heterocycles. The average Bonchev–Trinajstić information content (AvgIpc) is 2.93. The molecule has 1 heterocycles. The predicted octanol–water partition coefficient (Wildman–Crippen LogP) is 3.34. The van der Waals surface area contributed by atoms with Crippen molar-refractivity contribution in [2.75, 3.05) is 0 Å². The smallest absolute Gasteiger partial charge is 0.307 e. The van der Waals surface area contributed by atoms with E-state index in [4.69, 9.17) is 4.42 Å². The minimum atomic E-state index is -0.440. The van der Waals surface area contributed by atoms with E-state index in [1.54, 1.807) is 24.3 Å². The van der Waals surface area contributed by atoms with Crippen LogP contribution in [-0.4, -0.2) is 12.1 Å². The van der Waals surface area contributed by atoms with E-state index in [2.05, 4.69) is 10.5 Å². The van der Waals surface area contributed by atoms with Crippen molar-refractivity contribution in [3.05, 3.63) is 71.7 Å². The molecule has 4 nitrogen and oxygen atoms in total. The van der Waals surface area contributed by atoms with Gasteiger partial charge in [-0.2, -0.15) is 5.10 Å². The number of hydrazone groups is 1. The lowest BCUT2D eigenvalue weighted by Crippen LogP contribution is -2.16. The second kappa shape index (κ2) is 5.58. The van der Waals surface area contributed by atoms with E-state index in [1.807, 2.05) is 18.2 Å². The van der Waals surface area contributed by atoms with Crippen LogP contribution in [-0.2, 0) is 0 Å². The Morgan fingerprint density at radius 2 is 1.90 bits per heavy atom. The molecule has 0 spiro atoms. The molecule has 104 valence electrons. The molecular formula is C16H11FN2O2. The average molecular weight is 282 g/mol. The van der Waals surface area contributed by atoms with Gasteiger partial charge in [0.15, 0.2) is 5.76 Å². The summed E-state index contributed by atoms with van der Waals surface area (Å²) in [6.45, 7) is 0. The van der Waals surface area contributed by atoms with Gasteiger partial charge in [0.2, 0.25) is 0 Å². The van der Waals surface area contributed by atoms with Crippen LogP contribution in [0.5, 0.6) is 0 Å². The molecule has 0 aliphatic rings. The summed E-state index contributed by atoms with van der Waals surface area (Å²) in [4.78, 5) is 11.9. The SMILES string of the molecule is O=C(NN=Cc1ccc(F)cc1)c1cc2ccccc2o1. The fraction of sp³-hybridized carbons (Fsp3) is 0. The van der Waals surface area contributed by atoms with Crippen LogP contribution >= 0.6 is 0 Å². The second-order valence-corrected chi connectivity index (χ2v) is 4.40. The van der Waals surface area contributed by atoms with Crippen molar-refractivity contribution in [2.45, 2.75) is 0 Å². The first-order chi connectivity index (χ1) is 10.2. The first-order valence-corrected chi connectivity index (χ1v) is 6.30. The van der Waals surface area contributed by atoms with E-state index >= 15 is 0 Å². The van der Waals surface area contributed by atoms with Crippen LogP contribution in [0.1, 0.15) is 16.1 Å². The molecule has 0 radical (unpaired) electrons. The number of furan rings is 1. The van der Waals surface area contributed by atoms with E-state index in [0.717, 1.165) is 5.39 Å². The van der Waals surface area contributed by atoms with Crippen LogP contribution < -0.4 is 5.43 Å². The van der Waals surface area contributed by atoms with Gasteiger partial charge in [0, 0.05) is 5.39 Å². The van der Waals surface area contributed by atoms with Crippen LogP contribution in [0.4, 0.5) is 4.39 Å². The fourth-order valence-corrected chi connectivity index (χ4v) is 1.86. The third-order valence-corrected chi connectivity index (χ3v) is 2.90. The van der Waals surface area contributed by atoms with Gasteiger partial charge >= 0.3 is 5.91 Å². The van der Waals surface area contributed by atoms with Gasteiger partial charge in [0.1, 0.15) is 11.4 Å². The maximum absolute atomic E-state index is 12.7. The van der Waals surface area contributed by atoms with Crippen molar-refractivity contribution in [2.24, 2.45) is 5.10 Å². The first kappa shape index (κ1) is 13.1. The molecule has 0 saturated carbocycles. The molecule has 0 aliphatic carbocycles. The Kier molecular flexibility index (Phi) is 3.47. The number of hydrogen-bond acceptors (Lipinski definition) is 3. The minimum absolute atomic E-state index is 0.187. The Morgan fingerprint density at radius 3 is 2.67 bits per heavy atom. The molecule has 1 N–H and O–H groups in total.